The lowest BCUT2D eigenvalue weighted by atomic mass is 9.96. The summed E-state index contributed by atoms with van der Waals surface area (Å²) in [5.41, 5.74) is -1.14. The molecular weight excluding hydrogens is 1130 g/mol. The minimum absolute atomic E-state index is 0.814. The Bertz CT molecular complexity index is 1980. The van der Waals surface area contributed by atoms with Gasteiger partial charge in [0.15, 0.2) is 37.7 Å². The zero-order chi connectivity index (χ0) is 59.0. The van der Waals surface area contributed by atoms with Crippen LogP contribution in [0.25, 0.3) is 0 Å². The monoisotopic (exact) mass is 1200 g/mol. The quantitative estimate of drug-likeness (QED) is 0.0475. The molecule has 31 atom stereocenters. The lowest BCUT2D eigenvalue weighted by molar-refractivity contribution is -0.394. The van der Waals surface area contributed by atoms with E-state index in [1.807, 2.05) is 0 Å². The van der Waals surface area contributed by atoms with Crippen LogP contribution in [0.5, 0.6) is 0 Å². The summed E-state index contributed by atoms with van der Waals surface area (Å²) in [5.74, 6) is 0. The van der Waals surface area contributed by atoms with Crippen LogP contribution in [0, 0.1) is 0 Å². The Kier molecular flexibility index (Phi) is 23.5. The van der Waals surface area contributed by atoms with Gasteiger partial charge in [0.2, 0.25) is 0 Å². The second-order valence-electron chi connectivity index (χ2n) is 20.6. The summed E-state index contributed by atoms with van der Waals surface area (Å²) in [4.78, 5) is 27.9. The first kappa shape index (κ1) is 67.2. The van der Waals surface area contributed by atoms with Crippen LogP contribution < -0.4 is 0 Å². The second-order valence-corrected chi connectivity index (χ2v) is 23.7. The minimum atomic E-state index is -5.19. The SMILES string of the molecule is CC(C)(C)O[C@@H]1OC(CO[C@H]2OC(CO[C@H]3OC(CO)[C@@H](O)[C@H](O)C3O[C@H]3OC(COP(C)(=O)O)[C@@H](O)[C@H](O)C3O)[C@@H](O)[C@H](O)C2O)[C@@H](O)[C@H](O[C@H]2OC(CO)[C@@H](O)[C@H](O)C2O[C@H]2OC(COP(=O)(O)O)[C@@H](O)[C@H](O)C2O)C1O. The Balaban J connectivity index is 1.18. The van der Waals surface area contributed by atoms with Gasteiger partial charge in [0.05, 0.1) is 45.2 Å². The van der Waals surface area contributed by atoms with E-state index >= 15 is 0 Å². The Hall–Kier alpha value is -0.900. The Morgan fingerprint density at radius 2 is 0.709 bits per heavy atom. The highest BCUT2D eigenvalue weighted by Gasteiger charge is 2.57. The van der Waals surface area contributed by atoms with E-state index in [2.05, 4.69) is 4.52 Å². The van der Waals surface area contributed by atoms with E-state index in [0.717, 1.165) is 6.66 Å². The average Bonchev–Trinajstić information content (AvgIpc) is 3.42. The van der Waals surface area contributed by atoms with E-state index in [-0.39, 0.29) is 0 Å². The van der Waals surface area contributed by atoms with Crippen molar-refractivity contribution in [3.63, 3.8) is 0 Å². The van der Waals surface area contributed by atoms with Crippen molar-refractivity contribution in [1.29, 1.82) is 0 Å². The molecule has 464 valence electrons. The predicted octanol–water partition coefficient (Wildman–Crippen LogP) is -11.3. The Labute approximate surface area is 448 Å². The van der Waals surface area contributed by atoms with Gasteiger partial charge in [0.25, 0.3) is 0 Å². The van der Waals surface area contributed by atoms with E-state index in [1.54, 1.807) is 0 Å². The van der Waals surface area contributed by atoms with Gasteiger partial charge in [-0.2, -0.15) is 0 Å². The fraction of sp³-hybridized carbons (Fsp3) is 1.00. The van der Waals surface area contributed by atoms with Crippen LogP contribution in [-0.4, -0.2) is 338 Å². The van der Waals surface area contributed by atoms with Crippen LogP contribution in [0.15, 0.2) is 0 Å². The van der Waals surface area contributed by atoms with Crippen LogP contribution in [0.4, 0.5) is 0 Å². The lowest BCUT2D eigenvalue weighted by Gasteiger charge is -2.49. The number of rotatable bonds is 21. The summed E-state index contributed by atoms with van der Waals surface area (Å²) >= 11 is 0. The highest BCUT2D eigenvalue weighted by molar-refractivity contribution is 7.51. The highest BCUT2D eigenvalue weighted by Crippen LogP contribution is 2.40. The van der Waals surface area contributed by atoms with Gasteiger partial charge < -0.3 is 163 Å². The van der Waals surface area contributed by atoms with Crippen molar-refractivity contribution in [3.8, 4) is 0 Å². The fourth-order valence-corrected chi connectivity index (χ4v) is 9.81. The van der Waals surface area contributed by atoms with Gasteiger partial charge in [-0.1, -0.05) is 0 Å². The molecule has 6 saturated heterocycles. The molecule has 0 aromatic rings. The van der Waals surface area contributed by atoms with Crippen molar-refractivity contribution in [2.45, 2.75) is 211 Å². The summed E-state index contributed by atoms with van der Waals surface area (Å²) < 4.78 is 101. The van der Waals surface area contributed by atoms with Crippen LogP contribution >= 0.6 is 15.4 Å². The summed E-state index contributed by atoms with van der Waals surface area (Å²) in [6.45, 7) is -0.182. The predicted molar refractivity (Wildman–Crippen MR) is 243 cm³/mol. The summed E-state index contributed by atoms with van der Waals surface area (Å²) in [7, 11) is -9.37. The van der Waals surface area contributed by atoms with Gasteiger partial charge in [-0.05, 0) is 20.8 Å². The first-order valence-electron chi connectivity index (χ1n) is 24.5. The standard InChI is InChI=1S/C41H74O36P2/c1-41(2,3)77-38-31(58)32(74-40-34(27(54)18(45)12(6-43)69-40)76-37-30(57)25(52)21(48)16(72-37)10-67-79(61,62)63)22(49)14(73-38)8-64-35-28(55)23(50)19(46)13(70-35)7-65-39-33(26(53)17(44)11(5-42)68-39)75-36-29(56)24(51)20(47)15(71-36)9-66-78(4,59)60/h11-40,42-58H,5-10H2,1-4H3,(H,59,60)(H2,61,62,63)/t11?,12?,13?,14?,15?,16?,17-,18-,19-,20-,21-,22-,23+,24+,25+,26+,27+,28?,29?,30?,31?,32+,33?,34?,35+,36-,37-,38+,39+,40-/m1/s1. The molecule has 0 bridgehead atoms. The molecule has 36 nitrogen and oxygen atoms in total. The maximum absolute atomic E-state index is 11.8. The fourth-order valence-electron chi connectivity index (χ4n) is 9.04. The van der Waals surface area contributed by atoms with Crippen LogP contribution in [0.3, 0.4) is 0 Å². The number of aliphatic hydroxyl groups is 17. The van der Waals surface area contributed by atoms with Crippen molar-refractivity contribution in [2.75, 3.05) is 46.3 Å². The van der Waals surface area contributed by atoms with Gasteiger partial charge in [-0.3, -0.25) is 9.09 Å². The van der Waals surface area contributed by atoms with E-state index in [0.29, 0.717) is 0 Å². The summed E-state index contributed by atoms with van der Waals surface area (Å²) in [5, 5.41) is 184. The van der Waals surface area contributed by atoms with Gasteiger partial charge in [0.1, 0.15) is 146 Å². The van der Waals surface area contributed by atoms with Gasteiger partial charge in [-0.15, -0.1) is 0 Å². The molecule has 6 fully saturated rings. The van der Waals surface area contributed by atoms with Gasteiger partial charge in [-0.25, -0.2) is 4.57 Å². The molecule has 0 radical (unpaired) electrons. The maximum Gasteiger partial charge on any atom is 0.469 e. The molecule has 0 aromatic carbocycles. The van der Waals surface area contributed by atoms with Crippen molar-refractivity contribution < 1.29 is 177 Å². The third kappa shape index (κ3) is 16.5. The van der Waals surface area contributed by atoms with E-state index < -0.39 is 245 Å². The van der Waals surface area contributed by atoms with Crippen molar-refractivity contribution in [2.24, 2.45) is 0 Å². The average molecular weight is 1200 g/mol. The Morgan fingerprint density at radius 1 is 0.367 bits per heavy atom. The third-order valence-corrected chi connectivity index (χ3v) is 14.5. The van der Waals surface area contributed by atoms with E-state index in [9.17, 15) is 111 Å². The number of phosphoric acid groups is 1. The number of ether oxygens (including phenoxy) is 12. The summed E-state index contributed by atoms with van der Waals surface area (Å²) in [6, 6.07) is 0. The third-order valence-electron chi connectivity index (χ3n) is 13.4. The molecule has 0 amide bonds. The molecule has 6 aliphatic heterocycles. The largest absolute Gasteiger partial charge is 0.469 e. The highest BCUT2D eigenvalue weighted by atomic mass is 31.2. The minimum Gasteiger partial charge on any atom is -0.394 e. The first-order valence-corrected chi connectivity index (χ1v) is 28.1. The molecule has 13 unspecified atom stereocenters. The van der Waals surface area contributed by atoms with Crippen molar-refractivity contribution in [1.82, 2.24) is 0 Å². The zero-order valence-corrected chi connectivity index (χ0v) is 44.2. The van der Waals surface area contributed by atoms with Crippen molar-refractivity contribution in [3.05, 3.63) is 0 Å². The maximum atomic E-state index is 11.8. The molecule has 0 aromatic heterocycles. The molecule has 0 spiro atoms. The second kappa shape index (κ2) is 27.6. The van der Waals surface area contributed by atoms with E-state index in [4.69, 9.17) is 61.4 Å². The molecule has 38 heteroatoms. The van der Waals surface area contributed by atoms with E-state index in [1.165, 1.54) is 20.8 Å². The first-order chi connectivity index (χ1) is 36.7. The number of phosphoric ester groups is 1. The van der Waals surface area contributed by atoms with Crippen LogP contribution in [-0.2, 0) is 75.0 Å². The van der Waals surface area contributed by atoms with Gasteiger partial charge in [0, 0.05) is 6.66 Å². The van der Waals surface area contributed by atoms with Crippen molar-refractivity contribution >= 4 is 15.4 Å². The molecule has 79 heavy (non-hydrogen) atoms. The molecule has 6 rings (SSSR count). The zero-order valence-electron chi connectivity index (χ0n) is 42.4. The van der Waals surface area contributed by atoms with Crippen LogP contribution in [0.1, 0.15) is 20.8 Å². The van der Waals surface area contributed by atoms with Gasteiger partial charge >= 0.3 is 15.4 Å². The number of aliphatic hydroxyl groups excluding tert-OH is 17. The summed E-state index contributed by atoms with van der Waals surface area (Å²) in [6.07, 6.45) is -59.0. The normalized spacial score (nSPS) is 48.4. The Morgan fingerprint density at radius 3 is 1.15 bits per heavy atom. The molecule has 0 saturated carbocycles. The molecule has 6 heterocycles. The number of hydrogen-bond donors (Lipinski definition) is 20. The molecule has 20 N–H and O–H groups in total. The molecule has 0 aliphatic carbocycles. The smallest absolute Gasteiger partial charge is 0.394 e. The number of hydrogen-bond acceptors (Lipinski definition) is 33. The molecular formula is C41H74O36P2. The molecule has 6 aliphatic rings. The topological polar surface area (TPSA) is 568 Å². The lowest BCUT2D eigenvalue weighted by Crippen LogP contribution is -2.67. The van der Waals surface area contributed by atoms with Crippen LogP contribution in [0.2, 0.25) is 0 Å².